The van der Waals surface area contributed by atoms with E-state index in [4.69, 9.17) is 4.74 Å². The summed E-state index contributed by atoms with van der Waals surface area (Å²) in [5.74, 6) is -1.88. The summed E-state index contributed by atoms with van der Waals surface area (Å²) in [6.45, 7) is 2.96. The van der Waals surface area contributed by atoms with E-state index in [0.29, 0.717) is 18.2 Å². The van der Waals surface area contributed by atoms with Crippen molar-refractivity contribution in [3.05, 3.63) is 18.2 Å². The van der Waals surface area contributed by atoms with Crippen LogP contribution in [0, 0.1) is 0 Å². The van der Waals surface area contributed by atoms with Crippen molar-refractivity contribution >= 4 is 43.6 Å². The Morgan fingerprint density at radius 2 is 1.57 bits per heavy atom. The van der Waals surface area contributed by atoms with Crippen molar-refractivity contribution in [2.24, 2.45) is 5.10 Å². The molecule has 1 rings (SSSR count). The van der Waals surface area contributed by atoms with Gasteiger partial charge >= 0.3 is 71.1 Å². The summed E-state index contributed by atoms with van der Waals surface area (Å²) in [5, 5.41) is 3.52. The first-order valence-electron chi connectivity index (χ1n) is 7.61. The Balaban J connectivity index is 0. The zero-order chi connectivity index (χ0) is 21.5. The topological polar surface area (TPSA) is 191 Å². The smallest absolute Gasteiger partial charge is 0.744 e. The molecule has 12 nitrogen and oxygen atoms in total. The zero-order valence-electron chi connectivity index (χ0n) is 16.7. The molecule has 0 unspecified atom stereocenters. The number of anilines is 1. The summed E-state index contributed by atoms with van der Waals surface area (Å²) in [4.78, 5) is 21.7. The minimum Gasteiger partial charge on any atom is -0.744 e. The summed E-state index contributed by atoms with van der Waals surface area (Å²) in [5.41, 5.74) is 0.796. The fraction of sp³-hybridized carbons (Fsp3) is 0.357. The van der Waals surface area contributed by atoms with Gasteiger partial charge in [-0.1, -0.05) is 0 Å². The molecule has 0 heterocycles. The van der Waals surface area contributed by atoms with Gasteiger partial charge in [0.15, 0.2) is 5.71 Å². The molecule has 16 heteroatoms. The van der Waals surface area contributed by atoms with Gasteiger partial charge in [0.25, 0.3) is 0 Å². The normalized spacial score (nSPS) is 11.5. The first-order chi connectivity index (χ1) is 12.9. The molecule has 0 atom stereocenters. The molecule has 0 aliphatic heterocycles. The molecular weight excluding hydrogens is 466 g/mol. The Hall–Kier alpha value is -0.550. The molecule has 1 N–H and O–H groups in total. The monoisotopic (exact) mass is 482 g/mol. The van der Waals surface area contributed by atoms with Crippen LogP contribution in [0.5, 0.6) is 0 Å². The number of nitrogens with one attached hydrogen (secondary N) is 1. The summed E-state index contributed by atoms with van der Waals surface area (Å²) in [6.07, 6.45) is -0.654. The van der Waals surface area contributed by atoms with Crippen molar-refractivity contribution in [1.29, 1.82) is 0 Å². The Morgan fingerprint density at radius 1 is 1.00 bits per heavy atom. The number of hydrazone groups is 1. The molecule has 0 fully saturated rings. The minimum absolute atomic E-state index is 0. The first kappa shape index (κ1) is 31.6. The van der Waals surface area contributed by atoms with Crippen molar-refractivity contribution in [2.45, 2.75) is 30.1 Å². The predicted molar refractivity (Wildman–Crippen MR) is 91.3 cm³/mol. The number of hydrogen-bond acceptors (Lipinski definition) is 12. The molecule has 0 spiro atoms. The van der Waals surface area contributed by atoms with Crippen LogP contribution in [-0.4, -0.2) is 56.8 Å². The Labute approximate surface area is 217 Å². The van der Waals surface area contributed by atoms with Crippen LogP contribution in [-0.2, 0) is 39.3 Å². The quantitative estimate of drug-likeness (QED) is 0.116. The molecule has 0 radical (unpaired) electrons. The van der Waals surface area contributed by atoms with Crippen LogP contribution in [0.3, 0.4) is 0 Å². The summed E-state index contributed by atoms with van der Waals surface area (Å²) >= 11 is 0. The number of benzene rings is 1. The van der Waals surface area contributed by atoms with E-state index in [1.165, 1.54) is 13.8 Å². The van der Waals surface area contributed by atoms with Crippen LogP contribution in [0.1, 0.15) is 20.3 Å². The Kier molecular flexibility index (Phi) is 14.5. The summed E-state index contributed by atoms with van der Waals surface area (Å²) in [6, 6.07) is 1.79. The van der Waals surface area contributed by atoms with E-state index in [9.17, 15) is 35.5 Å². The number of ether oxygens (including phenoxy) is 2. The third-order valence-corrected chi connectivity index (χ3v) is 4.67. The number of nitrogens with zero attached hydrogens (tertiary/aromatic N) is 1. The number of esters is 2. The molecule has 30 heavy (non-hydrogen) atoms. The van der Waals surface area contributed by atoms with E-state index >= 15 is 0 Å². The minimum atomic E-state index is -5.09. The maximum absolute atomic E-state index is 11.9. The summed E-state index contributed by atoms with van der Waals surface area (Å²) in [7, 11) is -10.1. The van der Waals surface area contributed by atoms with Crippen molar-refractivity contribution < 1.29 is 104 Å². The maximum atomic E-state index is 11.9. The van der Waals surface area contributed by atoms with Crippen LogP contribution in [0.15, 0.2) is 33.1 Å². The van der Waals surface area contributed by atoms with Crippen molar-refractivity contribution in [1.82, 2.24) is 0 Å². The van der Waals surface area contributed by atoms with Gasteiger partial charge in [-0.25, -0.2) is 21.6 Å². The van der Waals surface area contributed by atoms with Gasteiger partial charge in [0.1, 0.15) is 20.2 Å². The molecule has 1 aromatic rings. The van der Waals surface area contributed by atoms with E-state index in [-0.39, 0.29) is 72.3 Å². The first-order valence-corrected chi connectivity index (χ1v) is 10.4. The zero-order valence-corrected chi connectivity index (χ0v) is 22.3. The van der Waals surface area contributed by atoms with Crippen molar-refractivity contribution in [3.8, 4) is 0 Å². The summed E-state index contributed by atoms with van der Waals surface area (Å²) < 4.78 is 76.7. The second kappa shape index (κ2) is 13.8. The van der Waals surface area contributed by atoms with Crippen LogP contribution >= 0.6 is 0 Å². The van der Waals surface area contributed by atoms with E-state index in [0.717, 1.165) is 0 Å². The largest absolute Gasteiger partial charge is 1.00 e. The Bertz CT molecular complexity index is 994. The van der Waals surface area contributed by atoms with Gasteiger partial charge in [-0.15, -0.1) is 0 Å². The van der Waals surface area contributed by atoms with Gasteiger partial charge in [0.05, 0.1) is 35.1 Å². The number of rotatable bonds is 9. The standard InChI is InChI=1S/C14H18N2O10S2.2Na/c1-3-25-13(17)8-11(14(18)26-4-2)16-15-10-7-9(27(19,20)21)5-6-12(10)28(22,23)24;;/h5-7,15H,3-4,8H2,1-2H3,(H,19,20,21)(H,22,23,24);;/q;2*+1/p-2. The Morgan fingerprint density at radius 3 is 2.03 bits per heavy atom. The SMILES string of the molecule is CCOC(=O)CC(=NNc1cc(S(=O)(=O)[O-])ccc1S(=O)(=O)[O-])C(=O)OCC.[Na+].[Na+]. The molecule has 0 saturated carbocycles. The van der Waals surface area contributed by atoms with Crippen LogP contribution in [0.2, 0.25) is 0 Å². The van der Waals surface area contributed by atoms with Gasteiger partial charge < -0.3 is 18.6 Å². The van der Waals surface area contributed by atoms with E-state index < -0.39 is 59.8 Å². The van der Waals surface area contributed by atoms with E-state index in [1.807, 2.05) is 5.43 Å². The van der Waals surface area contributed by atoms with Gasteiger partial charge in [-0.2, -0.15) is 5.10 Å². The van der Waals surface area contributed by atoms with Crippen LogP contribution < -0.4 is 64.5 Å². The molecule has 0 saturated heterocycles. The maximum Gasteiger partial charge on any atom is 1.00 e. The predicted octanol–water partition coefficient (Wildman–Crippen LogP) is -6.21. The third kappa shape index (κ3) is 10.2. The second-order valence-electron chi connectivity index (χ2n) is 4.94. The molecule has 0 aliphatic carbocycles. The van der Waals surface area contributed by atoms with Gasteiger partial charge in [0.2, 0.25) is 0 Å². The van der Waals surface area contributed by atoms with Crippen molar-refractivity contribution in [3.63, 3.8) is 0 Å². The van der Waals surface area contributed by atoms with E-state index in [2.05, 4.69) is 9.84 Å². The average Bonchev–Trinajstić information content (AvgIpc) is 2.57. The number of hydrogen-bond donors (Lipinski definition) is 1. The molecule has 0 aromatic heterocycles. The molecule has 156 valence electrons. The van der Waals surface area contributed by atoms with Gasteiger partial charge in [-0.3, -0.25) is 10.2 Å². The molecular formula is C14H16N2Na2O10S2. The van der Waals surface area contributed by atoms with E-state index in [1.54, 1.807) is 0 Å². The van der Waals surface area contributed by atoms with Crippen molar-refractivity contribution in [2.75, 3.05) is 18.6 Å². The molecule has 0 aliphatic rings. The third-order valence-electron chi connectivity index (χ3n) is 2.95. The van der Waals surface area contributed by atoms with Crippen LogP contribution in [0.25, 0.3) is 0 Å². The van der Waals surface area contributed by atoms with Gasteiger partial charge in [0, 0.05) is 0 Å². The number of carbonyl (C=O) groups excluding carboxylic acids is 2. The van der Waals surface area contributed by atoms with Gasteiger partial charge in [-0.05, 0) is 32.0 Å². The molecule has 1 aromatic carbocycles. The number of carbonyl (C=O) groups is 2. The average molecular weight is 482 g/mol. The second-order valence-corrected chi connectivity index (χ2v) is 7.67. The fourth-order valence-corrected chi connectivity index (χ4v) is 2.92. The molecule has 0 bridgehead atoms. The molecule has 0 amide bonds. The fourth-order valence-electron chi connectivity index (χ4n) is 1.82. The van der Waals surface area contributed by atoms with Crippen LogP contribution in [0.4, 0.5) is 5.69 Å².